The van der Waals surface area contributed by atoms with E-state index in [1.165, 1.54) is 5.56 Å². The number of rotatable bonds is 5. The highest BCUT2D eigenvalue weighted by Gasteiger charge is 2.07. The summed E-state index contributed by atoms with van der Waals surface area (Å²) in [7, 11) is 0. The first-order valence-corrected chi connectivity index (χ1v) is 8.24. The van der Waals surface area contributed by atoms with Crippen LogP contribution in [0.4, 0.5) is 0 Å². The Morgan fingerprint density at radius 3 is 2.00 bits per heavy atom. The van der Waals surface area contributed by atoms with Crippen LogP contribution in [0.1, 0.15) is 21.5 Å². The summed E-state index contributed by atoms with van der Waals surface area (Å²) in [5, 5.41) is 9.34. The van der Waals surface area contributed by atoms with Gasteiger partial charge in [0.25, 0.3) is 0 Å². The number of aromatic hydroxyl groups is 1. The predicted octanol–water partition coefficient (Wildman–Crippen LogP) is 4.77. The van der Waals surface area contributed by atoms with Crippen molar-refractivity contribution in [2.75, 3.05) is 6.61 Å². The highest BCUT2D eigenvalue weighted by atomic mass is 16.5. The summed E-state index contributed by atoms with van der Waals surface area (Å²) in [6.45, 7) is 2.41. The quantitative estimate of drug-likeness (QED) is 0.685. The molecule has 3 heteroatoms. The maximum absolute atomic E-state index is 12.1. The van der Waals surface area contributed by atoms with Gasteiger partial charge in [0.2, 0.25) is 0 Å². The Balaban J connectivity index is 1.57. The molecule has 1 N–H and O–H groups in total. The highest BCUT2D eigenvalue weighted by Crippen LogP contribution is 2.22. The number of phenolic OH excluding ortho intramolecular Hbond substituents is 1. The molecule has 0 heterocycles. The molecule has 0 saturated carbocycles. The molecule has 0 fully saturated rings. The summed E-state index contributed by atoms with van der Waals surface area (Å²) in [6.07, 6.45) is 0.706. The summed E-state index contributed by atoms with van der Waals surface area (Å²) in [6, 6.07) is 22.4. The fourth-order valence-corrected chi connectivity index (χ4v) is 2.55. The number of hydrogen-bond acceptors (Lipinski definition) is 3. The monoisotopic (exact) mass is 332 g/mol. The third kappa shape index (κ3) is 4.48. The molecule has 0 aliphatic rings. The van der Waals surface area contributed by atoms with Crippen LogP contribution in [-0.4, -0.2) is 17.7 Å². The first kappa shape index (κ1) is 16.8. The maximum Gasteiger partial charge on any atom is 0.338 e. The number of hydrogen-bond donors (Lipinski definition) is 1. The molecule has 126 valence electrons. The SMILES string of the molecule is Cc1ccc(CCOC(=O)c2ccc(-c3ccc(O)cc3)cc2)cc1. The lowest BCUT2D eigenvalue weighted by atomic mass is 10.0. The smallest absolute Gasteiger partial charge is 0.338 e. The zero-order valence-corrected chi connectivity index (χ0v) is 14.1. The zero-order valence-electron chi connectivity index (χ0n) is 14.1. The number of ether oxygens (including phenoxy) is 1. The number of aryl methyl sites for hydroxylation is 1. The van der Waals surface area contributed by atoms with Crippen molar-refractivity contribution in [3.05, 3.63) is 89.5 Å². The van der Waals surface area contributed by atoms with E-state index in [1.807, 2.05) is 31.2 Å². The Morgan fingerprint density at radius 1 is 0.840 bits per heavy atom. The van der Waals surface area contributed by atoms with Crippen molar-refractivity contribution in [1.29, 1.82) is 0 Å². The molecule has 0 aliphatic carbocycles. The van der Waals surface area contributed by atoms with Gasteiger partial charge < -0.3 is 9.84 Å². The van der Waals surface area contributed by atoms with Gasteiger partial charge in [-0.2, -0.15) is 0 Å². The minimum Gasteiger partial charge on any atom is -0.508 e. The van der Waals surface area contributed by atoms with Crippen molar-refractivity contribution in [1.82, 2.24) is 0 Å². The van der Waals surface area contributed by atoms with E-state index in [0.29, 0.717) is 18.6 Å². The number of phenols is 1. The van der Waals surface area contributed by atoms with Gasteiger partial charge in [-0.05, 0) is 47.9 Å². The molecule has 3 aromatic rings. The van der Waals surface area contributed by atoms with Crippen molar-refractivity contribution < 1.29 is 14.6 Å². The van der Waals surface area contributed by atoms with Crippen LogP contribution < -0.4 is 0 Å². The minimum absolute atomic E-state index is 0.234. The van der Waals surface area contributed by atoms with Crippen LogP contribution >= 0.6 is 0 Å². The van der Waals surface area contributed by atoms with Gasteiger partial charge in [0.05, 0.1) is 12.2 Å². The van der Waals surface area contributed by atoms with Crippen LogP contribution in [0.3, 0.4) is 0 Å². The second-order valence-electron chi connectivity index (χ2n) is 6.00. The van der Waals surface area contributed by atoms with Crippen LogP contribution in [0, 0.1) is 6.92 Å². The van der Waals surface area contributed by atoms with Gasteiger partial charge in [0.1, 0.15) is 5.75 Å². The first-order chi connectivity index (χ1) is 12.1. The number of carbonyl (C=O) groups is 1. The summed E-state index contributed by atoms with van der Waals surface area (Å²) in [4.78, 5) is 12.1. The number of carbonyl (C=O) groups excluding carboxylic acids is 1. The molecular formula is C22H20O3. The topological polar surface area (TPSA) is 46.5 Å². The zero-order chi connectivity index (χ0) is 17.6. The summed E-state index contributed by atoms with van der Waals surface area (Å²) >= 11 is 0. The summed E-state index contributed by atoms with van der Waals surface area (Å²) in [5.74, 6) is -0.0816. The third-order valence-electron chi connectivity index (χ3n) is 4.07. The van der Waals surface area contributed by atoms with Gasteiger partial charge in [-0.1, -0.05) is 54.1 Å². The van der Waals surface area contributed by atoms with Gasteiger partial charge >= 0.3 is 5.97 Å². The van der Waals surface area contributed by atoms with E-state index in [4.69, 9.17) is 4.74 Å². The number of benzene rings is 3. The lowest BCUT2D eigenvalue weighted by Gasteiger charge is -2.07. The van der Waals surface area contributed by atoms with Crippen LogP contribution in [0.15, 0.2) is 72.8 Å². The van der Waals surface area contributed by atoms with Gasteiger partial charge in [-0.15, -0.1) is 0 Å². The average molecular weight is 332 g/mol. The predicted molar refractivity (Wildman–Crippen MR) is 98.7 cm³/mol. The van der Waals surface area contributed by atoms with Crippen LogP contribution in [0.2, 0.25) is 0 Å². The third-order valence-corrected chi connectivity index (χ3v) is 4.07. The fraction of sp³-hybridized carbons (Fsp3) is 0.136. The molecule has 3 aromatic carbocycles. The van der Waals surface area contributed by atoms with Gasteiger partial charge in [0, 0.05) is 6.42 Å². The van der Waals surface area contributed by atoms with Gasteiger partial charge in [-0.25, -0.2) is 4.79 Å². The van der Waals surface area contributed by atoms with E-state index < -0.39 is 0 Å². The second kappa shape index (κ2) is 7.67. The van der Waals surface area contributed by atoms with E-state index >= 15 is 0 Å². The van der Waals surface area contributed by atoms with E-state index in [0.717, 1.165) is 16.7 Å². The standard InChI is InChI=1S/C22H20O3/c1-16-2-4-17(5-3-16)14-15-25-22(24)20-8-6-18(7-9-20)19-10-12-21(23)13-11-19/h2-13,23H,14-15H2,1H3. The summed E-state index contributed by atoms with van der Waals surface area (Å²) < 4.78 is 5.35. The van der Waals surface area contributed by atoms with Crippen molar-refractivity contribution >= 4 is 5.97 Å². The van der Waals surface area contributed by atoms with Crippen molar-refractivity contribution in [3.63, 3.8) is 0 Å². The van der Waals surface area contributed by atoms with Crippen LogP contribution in [-0.2, 0) is 11.2 Å². The largest absolute Gasteiger partial charge is 0.508 e. The minimum atomic E-state index is -0.315. The first-order valence-electron chi connectivity index (χ1n) is 8.24. The van der Waals surface area contributed by atoms with E-state index in [9.17, 15) is 9.90 Å². The number of esters is 1. The fourth-order valence-electron chi connectivity index (χ4n) is 2.55. The molecule has 0 spiro atoms. The van der Waals surface area contributed by atoms with Gasteiger partial charge in [-0.3, -0.25) is 0 Å². The van der Waals surface area contributed by atoms with E-state index in [1.54, 1.807) is 24.3 Å². The summed E-state index contributed by atoms with van der Waals surface area (Å²) in [5.41, 5.74) is 4.87. The lowest BCUT2D eigenvalue weighted by Crippen LogP contribution is -2.08. The maximum atomic E-state index is 12.1. The van der Waals surface area contributed by atoms with E-state index in [2.05, 4.69) is 24.3 Å². The molecule has 3 nitrogen and oxygen atoms in total. The van der Waals surface area contributed by atoms with Crippen molar-refractivity contribution in [3.8, 4) is 16.9 Å². The highest BCUT2D eigenvalue weighted by molar-refractivity contribution is 5.90. The van der Waals surface area contributed by atoms with Crippen LogP contribution in [0.25, 0.3) is 11.1 Å². The Hall–Kier alpha value is -3.07. The molecule has 25 heavy (non-hydrogen) atoms. The molecule has 0 saturated heterocycles. The Labute approximate surface area is 147 Å². The lowest BCUT2D eigenvalue weighted by molar-refractivity contribution is 0.0509. The molecule has 0 unspecified atom stereocenters. The van der Waals surface area contributed by atoms with E-state index in [-0.39, 0.29) is 11.7 Å². The van der Waals surface area contributed by atoms with Gasteiger partial charge in [0.15, 0.2) is 0 Å². The molecule has 0 bridgehead atoms. The molecule has 0 radical (unpaired) electrons. The molecule has 0 atom stereocenters. The Morgan fingerprint density at radius 2 is 1.40 bits per heavy atom. The average Bonchev–Trinajstić information content (AvgIpc) is 2.64. The molecule has 0 aliphatic heterocycles. The molecule has 0 amide bonds. The Bertz CT molecular complexity index is 832. The Kier molecular flexibility index (Phi) is 5.14. The molecular weight excluding hydrogens is 312 g/mol. The second-order valence-corrected chi connectivity index (χ2v) is 6.00. The van der Waals surface area contributed by atoms with Crippen LogP contribution in [0.5, 0.6) is 5.75 Å². The van der Waals surface area contributed by atoms with Crippen molar-refractivity contribution in [2.24, 2.45) is 0 Å². The normalized spacial score (nSPS) is 10.4. The van der Waals surface area contributed by atoms with Crippen molar-refractivity contribution in [2.45, 2.75) is 13.3 Å². The molecule has 0 aromatic heterocycles. The molecule has 3 rings (SSSR count).